The fourth-order valence-electron chi connectivity index (χ4n) is 6.19. The SMILES string of the molecule is C[C@H]1C[C@H](C)CN(c2ccc(N3C(=S)N[C@@H](c4ccccn4)[C@@H]3c3cccn3-c3cccc(Br)c3)cc2Cl)C1. The molecule has 6 rings (SSSR count). The van der Waals surface area contributed by atoms with Gasteiger partial charge < -0.3 is 19.7 Å². The van der Waals surface area contributed by atoms with E-state index in [0.29, 0.717) is 16.9 Å². The third-order valence-corrected chi connectivity index (χ3v) is 8.80. The number of aromatic nitrogens is 2. The van der Waals surface area contributed by atoms with E-state index in [2.05, 4.69) is 110 Å². The molecule has 2 saturated heterocycles. The Hall–Kier alpha value is -2.87. The van der Waals surface area contributed by atoms with Crippen molar-refractivity contribution in [3.63, 3.8) is 0 Å². The highest BCUT2D eigenvalue weighted by Gasteiger charge is 2.42. The molecule has 8 heteroatoms. The highest BCUT2D eigenvalue weighted by Crippen LogP contribution is 2.44. The molecule has 4 aromatic rings. The monoisotopic (exact) mass is 619 g/mol. The number of halogens is 2. The van der Waals surface area contributed by atoms with Crippen LogP contribution in [0.25, 0.3) is 5.69 Å². The third kappa shape index (κ3) is 5.20. The zero-order chi connectivity index (χ0) is 27.1. The van der Waals surface area contributed by atoms with Gasteiger partial charge >= 0.3 is 0 Å². The Morgan fingerprint density at radius 3 is 2.49 bits per heavy atom. The summed E-state index contributed by atoms with van der Waals surface area (Å²) >= 11 is 16.6. The van der Waals surface area contributed by atoms with Crippen molar-refractivity contribution in [3.8, 4) is 5.69 Å². The first-order valence-electron chi connectivity index (χ1n) is 13.4. The molecule has 2 aromatic heterocycles. The molecule has 39 heavy (non-hydrogen) atoms. The Labute approximate surface area is 248 Å². The minimum Gasteiger partial charge on any atom is -0.370 e. The maximum absolute atomic E-state index is 7.00. The van der Waals surface area contributed by atoms with Gasteiger partial charge in [0.1, 0.15) is 6.04 Å². The van der Waals surface area contributed by atoms with E-state index in [-0.39, 0.29) is 12.1 Å². The summed E-state index contributed by atoms with van der Waals surface area (Å²) in [5.41, 5.74) is 5.17. The number of nitrogens with one attached hydrogen (secondary N) is 1. The first-order chi connectivity index (χ1) is 18.9. The average molecular weight is 621 g/mol. The Morgan fingerprint density at radius 1 is 0.949 bits per heavy atom. The van der Waals surface area contributed by atoms with E-state index in [1.807, 2.05) is 24.4 Å². The summed E-state index contributed by atoms with van der Waals surface area (Å²) in [4.78, 5) is 9.33. The standard InChI is InChI=1S/C31H31BrClN5S/c1-20-15-21(2)19-36(18-20)27-12-11-24(17-25(27)33)38-30(29(35-31(38)39)26-9-3-4-13-34-26)28-10-6-14-37(28)23-8-5-7-22(32)16-23/h3-14,16-17,20-21,29-30H,15,18-19H2,1-2H3,(H,35,39)/t20-,21-,29-,30-/m0/s1. The van der Waals surface area contributed by atoms with Crippen molar-refractivity contribution in [2.24, 2.45) is 11.8 Å². The Kier molecular flexibility index (Phi) is 7.40. The molecule has 0 amide bonds. The van der Waals surface area contributed by atoms with Crippen LogP contribution >= 0.6 is 39.7 Å². The smallest absolute Gasteiger partial charge is 0.174 e. The van der Waals surface area contributed by atoms with Crippen LogP contribution in [0.1, 0.15) is 43.7 Å². The van der Waals surface area contributed by atoms with Crippen LogP contribution in [0.5, 0.6) is 0 Å². The van der Waals surface area contributed by atoms with Crippen molar-refractivity contribution in [1.82, 2.24) is 14.9 Å². The average Bonchev–Trinajstić information content (AvgIpc) is 3.53. The number of piperidine rings is 1. The van der Waals surface area contributed by atoms with Crippen LogP contribution in [0.15, 0.2) is 89.7 Å². The van der Waals surface area contributed by atoms with Crippen LogP contribution in [0.3, 0.4) is 0 Å². The van der Waals surface area contributed by atoms with Crippen molar-refractivity contribution in [2.75, 3.05) is 22.9 Å². The molecule has 0 spiro atoms. The summed E-state index contributed by atoms with van der Waals surface area (Å²) in [6.07, 6.45) is 5.19. The highest BCUT2D eigenvalue weighted by atomic mass is 79.9. The Bertz CT molecular complexity index is 1480. The molecule has 4 atom stereocenters. The van der Waals surface area contributed by atoms with Crippen molar-refractivity contribution >= 4 is 56.2 Å². The predicted octanol–water partition coefficient (Wildman–Crippen LogP) is 7.95. The normalized spacial score (nSPS) is 23.2. The number of hydrogen-bond acceptors (Lipinski definition) is 3. The van der Waals surface area contributed by atoms with Crippen molar-refractivity contribution < 1.29 is 0 Å². The number of pyridine rings is 1. The van der Waals surface area contributed by atoms with Crippen LogP contribution in [0.2, 0.25) is 5.02 Å². The zero-order valence-electron chi connectivity index (χ0n) is 22.0. The first kappa shape index (κ1) is 26.4. The Balaban J connectivity index is 1.43. The van der Waals surface area contributed by atoms with Gasteiger partial charge in [0, 0.05) is 47.0 Å². The molecule has 2 aliphatic rings. The highest BCUT2D eigenvalue weighted by molar-refractivity contribution is 9.10. The van der Waals surface area contributed by atoms with E-state index < -0.39 is 0 Å². The summed E-state index contributed by atoms with van der Waals surface area (Å²) in [5, 5.41) is 4.98. The lowest BCUT2D eigenvalue weighted by atomic mass is 9.91. The minimum absolute atomic E-state index is 0.137. The largest absolute Gasteiger partial charge is 0.370 e. The molecule has 2 aromatic carbocycles. The second-order valence-corrected chi connectivity index (χ2v) is 12.5. The lowest BCUT2D eigenvalue weighted by molar-refractivity contribution is 0.357. The summed E-state index contributed by atoms with van der Waals surface area (Å²) in [6, 6.07) is 24.7. The molecule has 0 unspecified atom stereocenters. The lowest BCUT2D eigenvalue weighted by Gasteiger charge is -2.37. The van der Waals surface area contributed by atoms with Crippen molar-refractivity contribution in [2.45, 2.75) is 32.4 Å². The molecule has 0 radical (unpaired) electrons. The van der Waals surface area contributed by atoms with Crippen LogP contribution < -0.4 is 15.1 Å². The maximum Gasteiger partial charge on any atom is 0.174 e. The van der Waals surface area contributed by atoms with Gasteiger partial charge in [0.25, 0.3) is 0 Å². The summed E-state index contributed by atoms with van der Waals surface area (Å²) < 4.78 is 3.25. The topological polar surface area (TPSA) is 36.3 Å². The Morgan fingerprint density at radius 2 is 1.77 bits per heavy atom. The third-order valence-electron chi connectivity index (χ3n) is 7.69. The van der Waals surface area contributed by atoms with E-state index >= 15 is 0 Å². The quantitative estimate of drug-likeness (QED) is 0.229. The van der Waals surface area contributed by atoms with Gasteiger partial charge in [-0.3, -0.25) is 4.98 Å². The maximum atomic E-state index is 7.00. The molecular weight excluding hydrogens is 590 g/mol. The number of rotatable bonds is 5. The van der Waals surface area contributed by atoms with Gasteiger partial charge in [-0.1, -0.05) is 53.5 Å². The first-order valence-corrected chi connectivity index (χ1v) is 15.0. The van der Waals surface area contributed by atoms with Gasteiger partial charge in [-0.05, 0) is 91.1 Å². The molecule has 0 aliphatic carbocycles. The second-order valence-electron chi connectivity index (χ2n) is 10.8. The van der Waals surface area contributed by atoms with E-state index in [9.17, 15) is 0 Å². The fourth-order valence-corrected chi connectivity index (χ4v) is 7.22. The lowest BCUT2D eigenvalue weighted by Crippen LogP contribution is -2.38. The van der Waals surface area contributed by atoms with E-state index in [4.69, 9.17) is 28.8 Å². The number of benzene rings is 2. The number of nitrogens with zero attached hydrogens (tertiary/aromatic N) is 4. The van der Waals surface area contributed by atoms with E-state index in [0.717, 1.165) is 51.0 Å². The van der Waals surface area contributed by atoms with Crippen molar-refractivity contribution in [3.05, 3.63) is 106 Å². The molecule has 0 saturated carbocycles. The van der Waals surface area contributed by atoms with E-state index in [1.165, 1.54) is 6.42 Å². The van der Waals surface area contributed by atoms with Crippen LogP contribution in [-0.4, -0.2) is 27.8 Å². The molecule has 200 valence electrons. The molecule has 4 heterocycles. The summed E-state index contributed by atoms with van der Waals surface area (Å²) in [5.74, 6) is 1.29. The zero-order valence-corrected chi connectivity index (χ0v) is 25.1. The van der Waals surface area contributed by atoms with Crippen LogP contribution in [0, 0.1) is 11.8 Å². The fraction of sp³-hybridized carbons (Fsp3) is 0.290. The van der Waals surface area contributed by atoms with Gasteiger partial charge in [-0.25, -0.2) is 0 Å². The molecule has 2 aliphatic heterocycles. The molecular formula is C31H31BrClN5S. The molecule has 2 fully saturated rings. The van der Waals surface area contributed by atoms with Gasteiger partial charge in [0.15, 0.2) is 5.11 Å². The van der Waals surface area contributed by atoms with Gasteiger partial charge in [-0.2, -0.15) is 0 Å². The number of hydrogen-bond donors (Lipinski definition) is 1. The molecule has 0 bridgehead atoms. The van der Waals surface area contributed by atoms with Gasteiger partial charge in [0.2, 0.25) is 0 Å². The molecule has 5 nitrogen and oxygen atoms in total. The van der Waals surface area contributed by atoms with Gasteiger partial charge in [-0.15, -0.1) is 0 Å². The second kappa shape index (κ2) is 11.0. The number of anilines is 2. The number of thiocarbonyl (C=S) groups is 1. The predicted molar refractivity (Wildman–Crippen MR) is 168 cm³/mol. The van der Waals surface area contributed by atoms with Gasteiger partial charge in [0.05, 0.1) is 22.4 Å². The van der Waals surface area contributed by atoms with Crippen LogP contribution in [-0.2, 0) is 0 Å². The summed E-state index contributed by atoms with van der Waals surface area (Å²) in [7, 11) is 0. The minimum atomic E-state index is -0.140. The molecule has 1 N–H and O–H groups in total. The van der Waals surface area contributed by atoms with Crippen molar-refractivity contribution in [1.29, 1.82) is 0 Å². The summed E-state index contributed by atoms with van der Waals surface area (Å²) in [6.45, 7) is 6.69. The van der Waals surface area contributed by atoms with Crippen LogP contribution in [0.4, 0.5) is 11.4 Å². The van der Waals surface area contributed by atoms with E-state index in [1.54, 1.807) is 0 Å².